The van der Waals surface area contributed by atoms with Crippen molar-refractivity contribution in [2.45, 2.75) is 12.5 Å². The largest absolute Gasteiger partial charge is 0.353 e. The summed E-state index contributed by atoms with van der Waals surface area (Å²) in [5.74, 6) is 0. The van der Waals surface area contributed by atoms with E-state index < -0.39 is 0 Å². The molecule has 0 amide bonds. The number of benzene rings is 1. The van der Waals surface area contributed by atoms with Crippen molar-refractivity contribution in [1.82, 2.24) is 5.23 Å². The normalized spacial score (nSPS) is 12.3. The summed E-state index contributed by atoms with van der Waals surface area (Å²) < 4.78 is 0. The van der Waals surface area contributed by atoms with Crippen molar-refractivity contribution < 1.29 is 4.79 Å². The molecule has 0 saturated carbocycles. The average molecular weight is 161 g/mol. The van der Waals surface area contributed by atoms with Gasteiger partial charge in [-0.1, -0.05) is 30.3 Å². The molecule has 0 radical (unpaired) electrons. The summed E-state index contributed by atoms with van der Waals surface area (Å²) in [6, 6.07) is 9.91. The van der Waals surface area contributed by atoms with Gasteiger partial charge in [-0.25, -0.2) is 0 Å². The molecule has 0 spiro atoms. The highest BCUT2D eigenvalue weighted by Crippen LogP contribution is 2.00. The topological polar surface area (TPSA) is 29.1 Å². The zero-order valence-electron chi connectivity index (χ0n) is 7.16. The number of hydrogen-bond donors (Lipinski definition) is 1. The molecule has 0 unspecified atom stereocenters. The lowest BCUT2D eigenvalue weighted by Gasteiger charge is -2.07. The van der Waals surface area contributed by atoms with Crippen molar-refractivity contribution in [3.63, 3.8) is 0 Å². The van der Waals surface area contributed by atoms with E-state index >= 15 is 0 Å². The van der Waals surface area contributed by atoms with Crippen LogP contribution in [0.25, 0.3) is 0 Å². The maximum atomic E-state index is 10.5. The molecule has 1 aromatic carbocycles. The monoisotopic (exact) mass is 161 g/mol. The van der Waals surface area contributed by atoms with Gasteiger partial charge in [0, 0.05) is 0 Å². The van der Waals surface area contributed by atoms with Crippen molar-refractivity contribution in [1.29, 1.82) is 0 Å². The van der Waals surface area contributed by atoms with Crippen molar-refractivity contribution >= 4 is 14.3 Å². The lowest BCUT2D eigenvalue weighted by atomic mass is 10.1. The second kappa shape index (κ2) is 4.72. The molecule has 0 saturated heterocycles. The van der Waals surface area contributed by atoms with Gasteiger partial charge in [-0.15, -0.1) is 0 Å². The Balaban J connectivity index is 2.56. The molecule has 12 heavy (non-hydrogen) atoms. The highest BCUT2D eigenvalue weighted by Gasteiger charge is 2.03. The van der Waals surface area contributed by atoms with E-state index in [1.165, 1.54) is 5.56 Å². The van der Waals surface area contributed by atoms with Gasteiger partial charge in [0.1, 0.15) is 6.29 Å². The van der Waals surface area contributed by atoms with Gasteiger partial charge in [0.15, 0.2) is 7.98 Å². The standard InChI is InChI=1S/C9H12BNO/c10-11-9(7-12)6-8-4-2-1-3-5-8/h1-5,7,9,11H,6,10H2/t9-/m0/s1. The molecule has 0 aromatic heterocycles. The molecular weight excluding hydrogens is 149 g/mol. The van der Waals surface area contributed by atoms with Gasteiger partial charge in [0.05, 0.1) is 6.04 Å². The van der Waals surface area contributed by atoms with Gasteiger partial charge in [0.2, 0.25) is 0 Å². The minimum atomic E-state index is -0.0626. The summed E-state index contributed by atoms with van der Waals surface area (Å²) >= 11 is 0. The summed E-state index contributed by atoms with van der Waals surface area (Å²) in [6.45, 7) is 0. The summed E-state index contributed by atoms with van der Waals surface area (Å²) in [4.78, 5) is 10.5. The van der Waals surface area contributed by atoms with Crippen LogP contribution in [-0.4, -0.2) is 20.3 Å². The predicted octanol–water partition coefficient (Wildman–Crippen LogP) is -0.0657. The molecule has 1 atom stereocenters. The zero-order valence-corrected chi connectivity index (χ0v) is 7.16. The second-order valence-electron chi connectivity index (χ2n) is 2.72. The molecule has 0 aliphatic carbocycles. The Hall–Kier alpha value is -1.09. The van der Waals surface area contributed by atoms with Gasteiger partial charge in [-0.05, 0) is 12.0 Å². The fourth-order valence-electron chi connectivity index (χ4n) is 1.09. The number of aldehydes is 1. The first-order valence-corrected chi connectivity index (χ1v) is 4.03. The Morgan fingerprint density at radius 2 is 2.08 bits per heavy atom. The summed E-state index contributed by atoms with van der Waals surface area (Å²) in [6.07, 6.45) is 1.70. The van der Waals surface area contributed by atoms with Crippen LogP contribution in [0.5, 0.6) is 0 Å². The molecule has 3 heteroatoms. The molecule has 1 rings (SSSR count). The third-order valence-corrected chi connectivity index (χ3v) is 1.83. The van der Waals surface area contributed by atoms with E-state index in [-0.39, 0.29) is 6.04 Å². The predicted molar refractivity (Wildman–Crippen MR) is 51.7 cm³/mol. The maximum Gasteiger partial charge on any atom is 0.182 e. The number of rotatable bonds is 4. The number of carbonyl (C=O) groups is 1. The smallest absolute Gasteiger partial charge is 0.182 e. The minimum Gasteiger partial charge on any atom is -0.353 e. The Morgan fingerprint density at radius 3 is 2.58 bits per heavy atom. The summed E-state index contributed by atoms with van der Waals surface area (Å²) in [5, 5.41) is 2.93. The van der Waals surface area contributed by atoms with Gasteiger partial charge < -0.3 is 10.0 Å². The second-order valence-corrected chi connectivity index (χ2v) is 2.72. The van der Waals surface area contributed by atoms with Crippen molar-refractivity contribution in [3.8, 4) is 0 Å². The maximum absolute atomic E-state index is 10.5. The van der Waals surface area contributed by atoms with Gasteiger partial charge in [-0.3, -0.25) is 0 Å². The fraction of sp³-hybridized carbons (Fsp3) is 0.222. The van der Waals surface area contributed by atoms with E-state index in [4.69, 9.17) is 0 Å². The van der Waals surface area contributed by atoms with E-state index in [0.717, 1.165) is 12.7 Å². The van der Waals surface area contributed by atoms with Crippen LogP contribution in [0.1, 0.15) is 5.56 Å². The fourth-order valence-corrected chi connectivity index (χ4v) is 1.09. The van der Waals surface area contributed by atoms with E-state index in [9.17, 15) is 4.79 Å². The van der Waals surface area contributed by atoms with Crippen LogP contribution in [0.3, 0.4) is 0 Å². The van der Waals surface area contributed by atoms with Crippen LogP contribution < -0.4 is 5.23 Å². The van der Waals surface area contributed by atoms with Crippen molar-refractivity contribution in [2.24, 2.45) is 0 Å². The quantitative estimate of drug-likeness (QED) is 0.494. The first-order valence-electron chi connectivity index (χ1n) is 4.03. The van der Waals surface area contributed by atoms with E-state index in [1.807, 2.05) is 30.3 Å². The third kappa shape index (κ3) is 2.51. The van der Waals surface area contributed by atoms with E-state index in [2.05, 4.69) is 5.23 Å². The van der Waals surface area contributed by atoms with Gasteiger partial charge in [-0.2, -0.15) is 0 Å². The third-order valence-electron chi connectivity index (χ3n) is 1.83. The molecule has 0 fully saturated rings. The number of hydrogen-bond acceptors (Lipinski definition) is 2. The molecule has 0 heterocycles. The highest BCUT2D eigenvalue weighted by molar-refractivity contribution is 6.05. The molecular formula is C9H12BNO. The zero-order chi connectivity index (χ0) is 8.81. The van der Waals surface area contributed by atoms with Gasteiger partial charge >= 0.3 is 0 Å². The first-order chi connectivity index (χ1) is 5.86. The minimum absolute atomic E-state index is 0.0626. The number of carbonyl (C=O) groups excluding carboxylic acids is 1. The molecule has 1 N–H and O–H groups in total. The number of nitrogens with one attached hydrogen (secondary N) is 1. The van der Waals surface area contributed by atoms with E-state index in [0.29, 0.717) is 0 Å². The SMILES string of the molecule is BN[C@H](C=O)Cc1ccccc1. The van der Waals surface area contributed by atoms with Crippen LogP contribution in [0, 0.1) is 0 Å². The Bertz CT molecular complexity index is 238. The molecule has 1 aromatic rings. The molecule has 0 aliphatic rings. The lowest BCUT2D eigenvalue weighted by Crippen LogP contribution is -2.30. The van der Waals surface area contributed by atoms with Crippen LogP contribution in [0.4, 0.5) is 0 Å². The van der Waals surface area contributed by atoms with Gasteiger partial charge in [0.25, 0.3) is 0 Å². The van der Waals surface area contributed by atoms with Crippen LogP contribution in [0.2, 0.25) is 0 Å². The Labute approximate surface area is 73.4 Å². The van der Waals surface area contributed by atoms with Crippen molar-refractivity contribution in [3.05, 3.63) is 35.9 Å². The molecule has 2 nitrogen and oxygen atoms in total. The highest BCUT2D eigenvalue weighted by atomic mass is 16.1. The molecule has 0 bridgehead atoms. The summed E-state index contributed by atoms with van der Waals surface area (Å²) in [5.41, 5.74) is 1.18. The van der Waals surface area contributed by atoms with E-state index in [1.54, 1.807) is 7.98 Å². The molecule has 0 aliphatic heterocycles. The Morgan fingerprint density at radius 1 is 1.42 bits per heavy atom. The first kappa shape index (κ1) is 9.01. The van der Waals surface area contributed by atoms with Crippen LogP contribution >= 0.6 is 0 Å². The lowest BCUT2D eigenvalue weighted by molar-refractivity contribution is -0.109. The van der Waals surface area contributed by atoms with Crippen molar-refractivity contribution in [2.75, 3.05) is 0 Å². The van der Waals surface area contributed by atoms with Crippen LogP contribution in [0.15, 0.2) is 30.3 Å². The average Bonchev–Trinajstić information content (AvgIpc) is 2.16. The summed E-state index contributed by atoms with van der Waals surface area (Å²) in [7, 11) is 1.79. The molecule has 62 valence electrons. The Kier molecular flexibility index (Phi) is 3.55. The van der Waals surface area contributed by atoms with Crippen LogP contribution in [-0.2, 0) is 11.2 Å².